The van der Waals surface area contributed by atoms with E-state index in [9.17, 15) is 0 Å². The van der Waals surface area contributed by atoms with Gasteiger partial charge < -0.3 is 5.32 Å². The average Bonchev–Trinajstić information content (AvgIpc) is 2.42. The Labute approximate surface area is 122 Å². The van der Waals surface area contributed by atoms with Gasteiger partial charge in [-0.25, -0.2) is 0 Å². The molecule has 2 atom stereocenters. The Morgan fingerprint density at radius 2 is 2.11 bits per heavy atom. The Morgan fingerprint density at radius 1 is 1.37 bits per heavy atom. The average molecular weight is 281 g/mol. The maximum absolute atomic E-state index is 5.93. The lowest BCUT2D eigenvalue weighted by molar-refractivity contribution is 0.155. The maximum atomic E-state index is 5.93. The largest absolute Gasteiger partial charge is 0.317 e. The smallest absolute Gasteiger partial charge is 0.0406 e. The minimum atomic E-state index is 0.625. The molecule has 1 N–H and O–H groups in total. The highest BCUT2D eigenvalue weighted by Gasteiger charge is 2.21. The molecule has 0 aromatic heterocycles. The topological polar surface area (TPSA) is 15.3 Å². The van der Waals surface area contributed by atoms with Crippen molar-refractivity contribution in [3.63, 3.8) is 0 Å². The van der Waals surface area contributed by atoms with E-state index >= 15 is 0 Å². The fourth-order valence-electron chi connectivity index (χ4n) is 2.95. The van der Waals surface area contributed by atoms with Gasteiger partial charge in [-0.3, -0.25) is 4.90 Å². The van der Waals surface area contributed by atoms with Gasteiger partial charge in [0.1, 0.15) is 0 Å². The van der Waals surface area contributed by atoms with E-state index in [0.29, 0.717) is 6.04 Å². The summed E-state index contributed by atoms with van der Waals surface area (Å²) < 4.78 is 0. The third-order valence-corrected chi connectivity index (χ3v) is 4.35. The molecular formula is C16H25ClN2. The van der Waals surface area contributed by atoms with Crippen LogP contribution in [0.1, 0.15) is 31.7 Å². The van der Waals surface area contributed by atoms with E-state index in [4.69, 9.17) is 11.6 Å². The second kappa shape index (κ2) is 7.28. The van der Waals surface area contributed by atoms with Crippen molar-refractivity contribution in [1.29, 1.82) is 0 Å². The monoisotopic (exact) mass is 280 g/mol. The van der Waals surface area contributed by atoms with Crippen molar-refractivity contribution in [3.8, 4) is 0 Å². The van der Waals surface area contributed by atoms with Crippen molar-refractivity contribution in [2.24, 2.45) is 5.92 Å². The van der Waals surface area contributed by atoms with Crippen molar-refractivity contribution in [3.05, 3.63) is 34.9 Å². The standard InChI is InChI=1S/C16H25ClN2/c1-13(18-2)10-15-4-3-9-19(12-15)11-14-5-7-16(17)8-6-14/h5-8,13,15,18H,3-4,9-12H2,1-2H3. The van der Waals surface area contributed by atoms with Crippen molar-refractivity contribution in [1.82, 2.24) is 10.2 Å². The first-order valence-electron chi connectivity index (χ1n) is 7.31. The molecule has 19 heavy (non-hydrogen) atoms. The van der Waals surface area contributed by atoms with E-state index in [2.05, 4.69) is 36.3 Å². The van der Waals surface area contributed by atoms with Crippen LogP contribution in [0.3, 0.4) is 0 Å². The molecule has 1 heterocycles. The number of hydrogen-bond acceptors (Lipinski definition) is 2. The summed E-state index contributed by atoms with van der Waals surface area (Å²) in [5.74, 6) is 0.837. The Hall–Kier alpha value is -0.570. The highest BCUT2D eigenvalue weighted by atomic mass is 35.5. The van der Waals surface area contributed by atoms with Crippen LogP contribution in [0.5, 0.6) is 0 Å². The fourth-order valence-corrected chi connectivity index (χ4v) is 3.08. The van der Waals surface area contributed by atoms with Crippen LogP contribution in [0.25, 0.3) is 0 Å². The van der Waals surface area contributed by atoms with E-state index < -0.39 is 0 Å². The number of piperidine rings is 1. The zero-order valence-electron chi connectivity index (χ0n) is 12.0. The molecule has 1 fully saturated rings. The summed E-state index contributed by atoms with van der Waals surface area (Å²) in [6.45, 7) is 5.79. The van der Waals surface area contributed by atoms with Crippen LogP contribution in [0.4, 0.5) is 0 Å². The summed E-state index contributed by atoms with van der Waals surface area (Å²) in [5, 5.41) is 4.17. The van der Waals surface area contributed by atoms with Gasteiger partial charge in [-0.15, -0.1) is 0 Å². The Bertz CT molecular complexity index is 377. The molecule has 2 rings (SSSR count). The SMILES string of the molecule is CNC(C)CC1CCCN(Cc2ccc(Cl)cc2)C1. The molecule has 1 aromatic rings. The van der Waals surface area contributed by atoms with Crippen LogP contribution in [0, 0.1) is 5.92 Å². The predicted octanol–water partition coefficient (Wildman–Crippen LogP) is 3.55. The Kier molecular flexibility index (Phi) is 5.68. The molecular weight excluding hydrogens is 256 g/mol. The molecule has 3 heteroatoms. The summed E-state index contributed by atoms with van der Waals surface area (Å²) in [4.78, 5) is 2.58. The zero-order valence-corrected chi connectivity index (χ0v) is 12.8. The van der Waals surface area contributed by atoms with Crippen molar-refractivity contribution >= 4 is 11.6 Å². The van der Waals surface area contributed by atoms with Crippen LogP contribution in [-0.4, -0.2) is 31.1 Å². The van der Waals surface area contributed by atoms with Gasteiger partial charge >= 0.3 is 0 Å². The first-order valence-corrected chi connectivity index (χ1v) is 7.69. The van der Waals surface area contributed by atoms with E-state index in [1.165, 1.54) is 37.9 Å². The number of likely N-dealkylation sites (tertiary alicyclic amines) is 1. The summed E-state index contributed by atoms with van der Waals surface area (Å²) in [6.07, 6.45) is 3.99. The van der Waals surface area contributed by atoms with Crippen LogP contribution in [0.2, 0.25) is 5.02 Å². The van der Waals surface area contributed by atoms with Gasteiger partial charge in [-0.1, -0.05) is 23.7 Å². The number of rotatable bonds is 5. The summed E-state index contributed by atoms with van der Waals surface area (Å²) >= 11 is 5.93. The third kappa shape index (κ3) is 4.79. The van der Waals surface area contributed by atoms with E-state index in [0.717, 1.165) is 17.5 Å². The zero-order chi connectivity index (χ0) is 13.7. The number of halogens is 1. The van der Waals surface area contributed by atoms with Crippen molar-refractivity contribution in [2.45, 2.75) is 38.8 Å². The third-order valence-electron chi connectivity index (χ3n) is 4.10. The van der Waals surface area contributed by atoms with Crippen LogP contribution >= 0.6 is 11.6 Å². The molecule has 2 nitrogen and oxygen atoms in total. The molecule has 1 aliphatic heterocycles. The molecule has 0 spiro atoms. The molecule has 0 radical (unpaired) electrons. The van der Waals surface area contributed by atoms with Gasteiger partial charge in [0.25, 0.3) is 0 Å². The predicted molar refractivity (Wildman–Crippen MR) is 82.6 cm³/mol. The highest BCUT2D eigenvalue weighted by molar-refractivity contribution is 6.30. The molecule has 0 saturated carbocycles. The Morgan fingerprint density at radius 3 is 2.79 bits per heavy atom. The number of nitrogens with one attached hydrogen (secondary N) is 1. The lowest BCUT2D eigenvalue weighted by atomic mass is 9.91. The molecule has 1 aromatic carbocycles. The second-order valence-corrected chi connectivity index (χ2v) is 6.23. The van der Waals surface area contributed by atoms with Crippen molar-refractivity contribution < 1.29 is 0 Å². The van der Waals surface area contributed by atoms with Gasteiger partial charge in [0.2, 0.25) is 0 Å². The quantitative estimate of drug-likeness (QED) is 0.887. The summed E-state index contributed by atoms with van der Waals surface area (Å²) in [6, 6.07) is 8.88. The van der Waals surface area contributed by atoms with Crippen LogP contribution < -0.4 is 5.32 Å². The lowest BCUT2D eigenvalue weighted by Crippen LogP contribution is -2.37. The van der Waals surface area contributed by atoms with Gasteiger partial charge in [-0.2, -0.15) is 0 Å². The molecule has 106 valence electrons. The molecule has 1 aliphatic rings. The minimum Gasteiger partial charge on any atom is -0.317 e. The fraction of sp³-hybridized carbons (Fsp3) is 0.625. The van der Waals surface area contributed by atoms with Gasteiger partial charge in [0, 0.05) is 24.2 Å². The van der Waals surface area contributed by atoms with E-state index in [1.807, 2.05) is 12.1 Å². The number of nitrogens with zero attached hydrogens (tertiary/aromatic N) is 1. The summed E-state index contributed by atoms with van der Waals surface area (Å²) in [5.41, 5.74) is 1.37. The van der Waals surface area contributed by atoms with Crippen molar-refractivity contribution in [2.75, 3.05) is 20.1 Å². The van der Waals surface area contributed by atoms with E-state index in [1.54, 1.807) is 0 Å². The maximum Gasteiger partial charge on any atom is 0.0406 e. The van der Waals surface area contributed by atoms with Crippen LogP contribution in [-0.2, 0) is 6.54 Å². The first kappa shape index (κ1) is 14.8. The van der Waals surface area contributed by atoms with Gasteiger partial charge in [0.15, 0.2) is 0 Å². The van der Waals surface area contributed by atoms with Gasteiger partial charge in [0.05, 0.1) is 0 Å². The molecule has 0 bridgehead atoms. The second-order valence-electron chi connectivity index (χ2n) is 5.80. The minimum absolute atomic E-state index is 0.625. The van der Waals surface area contributed by atoms with Gasteiger partial charge in [-0.05, 0) is 63.4 Å². The van der Waals surface area contributed by atoms with Crippen LogP contribution in [0.15, 0.2) is 24.3 Å². The first-order chi connectivity index (χ1) is 9.17. The summed E-state index contributed by atoms with van der Waals surface area (Å²) in [7, 11) is 2.05. The molecule has 0 aliphatic carbocycles. The lowest BCUT2D eigenvalue weighted by Gasteiger charge is -2.34. The molecule has 0 amide bonds. The Balaban J connectivity index is 1.85. The van der Waals surface area contributed by atoms with E-state index in [-0.39, 0.29) is 0 Å². The number of hydrogen-bond donors (Lipinski definition) is 1. The normalized spacial score (nSPS) is 22.4. The molecule has 1 saturated heterocycles. The number of benzene rings is 1. The molecule has 2 unspecified atom stereocenters. The highest BCUT2D eigenvalue weighted by Crippen LogP contribution is 2.22.